The summed E-state index contributed by atoms with van der Waals surface area (Å²) >= 11 is 7.53. The summed E-state index contributed by atoms with van der Waals surface area (Å²) in [4.78, 5) is 13.5. The van der Waals surface area contributed by atoms with Crippen LogP contribution in [0.15, 0.2) is 59.5 Å². The molecule has 0 atom stereocenters. The van der Waals surface area contributed by atoms with Crippen molar-refractivity contribution in [3.63, 3.8) is 0 Å². The number of rotatable bonds is 8. The van der Waals surface area contributed by atoms with Crippen LogP contribution in [0.5, 0.6) is 0 Å². The zero-order valence-electron chi connectivity index (χ0n) is 16.1. The number of carbonyl (C=O) groups excluding carboxylic acids is 1. The Morgan fingerprint density at radius 2 is 1.72 bits per heavy atom. The first kappa shape index (κ1) is 22.2. The molecule has 2 aromatic carbocycles. The van der Waals surface area contributed by atoms with Gasteiger partial charge in [0.2, 0.25) is 15.9 Å². The maximum atomic E-state index is 12.6. The molecule has 0 spiro atoms. The largest absolute Gasteiger partial charge is 0.355 e. The molecule has 1 fully saturated rings. The molecule has 0 unspecified atom stereocenters. The third kappa shape index (κ3) is 6.74. The number of thioether (sulfide) groups is 1. The average molecular weight is 453 g/mol. The van der Waals surface area contributed by atoms with E-state index in [1.54, 1.807) is 11.8 Å². The van der Waals surface area contributed by atoms with Gasteiger partial charge in [0.25, 0.3) is 0 Å². The minimum absolute atomic E-state index is 0.00657. The van der Waals surface area contributed by atoms with Gasteiger partial charge in [-0.2, -0.15) is 0 Å². The maximum Gasteiger partial charge on any atom is 0.223 e. The lowest BCUT2D eigenvalue weighted by Crippen LogP contribution is -2.43. The van der Waals surface area contributed by atoms with Crippen LogP contribution in [0, 0.1) is 5.92 Å². The monoisotopic (exact) mass is 452 g/mol. The number of hydrogen-bond donors (Lipinski definition) is 1. The van der Waals surface area contributed by atoms with Crippen molar-refractivity contribution in [3.8, 4) is 0 Å². The lowest BCUT2D eigenvalue weighted by molar-refractivity contribution is -0.125. The molecule has 0 saturated carbocycles. The average Bonchev–Trinajstić information content (AvgIpc) is 2.73. The Bertz CT molecular complexity index is 897. The van der Waals surface area contributed by atoms with Gasteiger partial charge < -0.3 is 5.32 Å². The van der Waals surface area contributed by atoms with E-state index in [0.29, 0.717) is 37.5 Å². The minimum Gasteiger partial charge on any atom is -0.355 e. The van der Waals surface area contributed by atoms with E-state index in [-0.39, 0.29) is 17.6 Å². The number of halogens is 1. The molecule has 2 aromatic rings. The lowest BCUT2D eigenvalue weighted by Gasteiger charge is -2.30. The van der Waals surface area contributed by atoms with Crippen LogP contribution in [0.25, 0.3) is 0 Å². The van der Waals surface area contributed by atoms with Crippen LogP contribution in [0.3, 0.4) is 0 Å². The van der Waals surface area contributed by atoms with Gasteiger partial charge in [-0.25, -0.2) is 12.7 Å². The van der Waals surface area contributed by atoms with Crippen molar-refractivity contribution in [1.82, 2.24) is 9.62 Å². The number of nitrogens with zero attached hydrogens (tertiary/aromatic N) is 1. The van der Waals surface area contributed by atoms with Crippen molar-refractivity contribution in [3.05, 3.63) is 65.2 Å². The number of sulfonamides is 1. The van der Waals surface area contributed by atoms with E-state index in [1.807, 2.05) is 54.6 Å². The first-order valence-corrected chi connectivity index (χ1v) is 12.6. The number of amides is 1. The van der Waals surface area contributed by atoms with E-state index in [0.717, 1.165) is 16.2 Å². The third-order valence-electron chi connectivity index (χ3n) is 4.89. The predicted molar refractivity (Wildman–Crippen MR) is 119 cm³/mol. The molecule has 29 heavy (non-hydrogen) atoms. The van der Waals surface area contributed by atoms with Crippen LogP contribution in [0.2, 0.25) is 5.02 Å². The molecule has 1 aliphatic heterocycles. The third-order valence-corrected chi connectivity index (χ3v) is 8.01. The normalized spacial score (nSPS) is 15.9. The van der Waals surface area contributed by atoms with Crippen LogP contribution in [0.4, 0.5) is 0 Å². The first-order chi connectivity index (χ1) is 13.9. The fraction of sp³-hybridized carbons (Fsp3) is 0.381. The second-order valence-electron chi connectivity index (χ2n) is 7.01. The highest BCUT2D eigenvalue weighted by Gasteiger charge is 2.30. The van der Waals surface area contributed by atoms with Gasteiger partial charge in [0.1, 0.15) is 0 Å². The van der Waals surface area contributed by atoms with Gasteiger partial charge in [-0.1, -0.05) is 41.9 Å². The molecule has 1 heterocycles. The Hall–Kier alpha value is -1.54. The zero-order chi connectivity index (χ0) is 20.7. The molecule has 0 aliphatic carbocycles. The van der Waals surface area contributed by atoms with E-state index >= 15 is 0 Å². The molecular formula is C21H25ClN2O3S2. The number of benzene rings is 2. The molecule has 5 nitrogen and oxygen atoms in total. The highest BCUT2D eigenvalue weighted by molar-refractivity contribution is 7.99. The van der Waals surface area contributed by atoms with Gasteiger partial charge in [0.15, 0.2) is 0 Å². The van der Waals surface area contributed by atoms with E-state index < -0.39 is 10.0 Å². The Labute approximate surface area is 181 Å². The zero-order valence-corrected chi connectivity index (χ0v) is 18.5. The molecule has 1 N–H and O–H groups in total. The summed E-state index contributed by atoms with van der Waals surface area (Å²) in [5.74, 6) is 0.671. The summed E-state index contributed by atoms with van der Waals surface area (Å²) in [5.41, 5.74) is 0.783. The van der Waals surface area contributed by atoms with Crippen LogP contribution in [-0.4, -0.2) is 44.0 Å². The van der Waals surface area contributed by atoms with Gasteiger partial charge in [0.05, 0.1) is 5.75 Å². The second kappa shape index (κ2) is 10.5. The molecule has 0 bridgehead atoms. The van der Waals surface area contributed by atoms with E-state index in [4.69, 9.17) is 11.6 Å². The van der Waals surface area contributed by atoms with Gasteiger partial charge in [0, 0.05) is 41.2 Å². The van der Waals surface area contributed by atoms with Crippen LogP contribution in [0.1, 0.15) is 18.4 Å². The molecule has 0 aromatic heterocycles. The molecule has 1 saturated heterocycles. The van der Waals surface area contributed by atoms with Crippen LogP contribution in [-0.2, 0) is 20.6 Å². The molecule has 3 rings (SSSR count). The standard InChI is InChI=1S/C21H25ClN2O3S2/c22-19-6-8-20(9-7-19)28-15-12-23-21(25)18-10-13-24(14-11-18)29(26,27)16-17-4-2-1-3-5-17/h1-9,18H,10-16H2,(H,23,25). The number of carbonyl (C=O) groups is 1. The molecular weight excluding hydrogens is 428 g/mol. The van der Waals surface area contributed by atoms with Gasteiger partial charge >= 0.3 is 0 Å². The van der Waals surface area contributed by atoms with Crippen molar-refractivity contribution < 1.29 is 13.2 Å². The van der Waals surface area contributed by atoms with Gasteiger partial charge in [-0.3, -0.25) is 4.79 Å². The fourth-order valence-electron chi connectivity index (χ4n) is 3.29. The summed E-state index contributed by atoms with van der Waals surface area (Å²) in [5, 5.41) is 3.68. The van der Waals surface area contributed by atoms with Crippen molar-refractivity contribution in [2.45, 2.75) is 23.5 Å². The van der Waals surface area contributed by atoms with E-state index in [1.165, 1.54) is 4.31 Å². The SMILES string of the molecule is O=C(NCCSc1ccc(Cl)cc1)C1CCN(S(=O)(=O)Cc2ccccc2)CC1. The Balaban J connectivity index is 1.39. The highest BCUT2D eigenvalue weighted by Crippen LogP contribution is 2.22. The van der Waals surface area contributed by atoms with Gasteiger partial charge in [-0.15, -0.1) is 11.8 Å². The van der Waals surface area contributed by atoms with Crippen LogP contribution >= 0.6 is 23.4 Å². The molecule has 0 radical (unpaired) electrons. The molecule has 156 valence electrons. The quantitative estimate of drug-likeness (QED) is 0.488. The van der Waals surface area contributed by atoms with Crippen molar-refractivity contribution >= 4 is 39.3 Å². The van der Waals surface area contributed by atoms with Crippen molar-refractivity contribution in [1.29, 1.82) is 0 Å². The summed E-state index contributed by atoms with van der Waals surface area (Å²) in [6.45, 7) is 1.37. The van der Waals surface area contributed by atoms with Crippen molar-refractivity contribution in [2.24, 2.45) is 5.92 Å². The summed E-state index contributed by atoms with van der Waals surface area (Å²) in [7, 11) is -3.35. The highest BCUT2D eigenvalue weighted by atomic mass is 35.5. The summed E-state index contributed by atoms with van der Waals surface area (Å²) < 4.78 is 26.7. The second-order valence-corrected chi connectivity index (χ2v) is 10.6. The van der Waals surface area contributed by atoms with E-state index in [2.05, 4.69) is 5.32 Å². The smallest absolute Gasteiger partial charge is 0.223 e. The lowest BCUT2D eigenvalue weighted by atomic mass is 9.97. The maximum absolute atomic E-state index is 12.6. The predicted octanol–water partition coefficient (Wildman–Crippen LogP) is 3.79. The van der Waals surface area contributed by atoms with Gasteiger partial charge in [-0.05, 0) is 42.7 Å². The van der Waals surface area contributed by atoms with Crippen molar-refractivity contribution in [2.75, 3.05) is 25.4 Å². The first-order valence-electron chi connectivity index (χ1n) is 9.62. The molecule has 8 heteroatoms. The number of hydrogen-bond acceptors (Lipinski definition) is 4. The minimum atomic E-state index is -3.35. The Kier molecular flexibility index (Phi) is 8.00. The number of piperidine rings is 1. The Morgan fingerprint density at radius 3 is 2.38 bits per heavy atom. The Morgan fingerprint density at radius 1 is 1.07 bits per heavy atom. The molecule has 1 amide bonds. The summed E-state index contributed by atoms with van der Waals surface area (Å²) in [6, 6.07) is 16.8. The fourth-order valence-corrected chi connectivity index (χ4v) is 5.75. The molecule has 1 aliphatic rings. The summed E-state index contributed by atoms with van der Waals surface area (Å²) in [6.07, 6.45) is 1.12. The number of nitrogens with one attached hydrogen (secondary N) is 1. The van der Waals surface area contributed by atoms with E-state index in [9.17, 15) is 13.2 Å². The topological polar surface area (TPSA) is 66.5 Å². The van der Waals surface area contributed by atoms with Crippen LogP contribution < -0.4 is 5.32 Å².